The number of rotatable bonds is 4. The Morgan fingerprint density at radius 2 is 1.77 bits per heavy atom. The van der Waals surface area contributed by atoms with Crippen LogP contribution in [0.4, 0.5) is 13.2 Å². The number of carbonyl (C=O) groups is 2. The molecule has 2 aromatic heterocycles. The van der Waals surface area contributed by atoms with E-state index in [0.717, 1.165) is 48.9 Å². The van der Waals surface area contributed by atoms with Gasteiger partial charge in [0.1, 0.15) is 0 Å². The second-order valence-electron chi connectivity index (χ2n) is 8.11. The number of halogens is 3. The second kappa shape index (κ2) is 11.1. The van der Waals surface area contributed by atoms with Crippen molar-refractivity contribution in [2.45, 2.75) is 19.0 Å². The lowest BCUT2D eigenvalue weighted by atomic mass is 9.97. The normalized spacial score (nSPS) is 14.2. The Hall–Kier alpha value is -3.80. The van der Waals surface area contributed by atoms with Crippen molar-refractivity contribution in [1.82, 2.24) is 25.4 Å². The lowest BCUT2D eigenvalue weighted by Gasteiger charge is -2.27. The Kier molecular flexibility index (Phi) is 8.18. The van der Waals surface area contributed by atoms with Crippen molar-refractivity contribution in [2.24, 2.45) is 5.92 Å². The number of nitrogens with one attached hydrogen (secondary N) is 2. The molecule has 4 rings (SSSR count). The molecular formula is C23H24F3N5O4. The van der Waals surface area contributed by atoms with Crippen LogP contribution in [-0.2, 0) is 4.79 Å². The van der Waals surface area contributed by atoms with Gasteiger partial charge in [0, 0.05) is 30.7 Å². The average Bonchev–Trinajstić information content (AvgIpc) is 2.84. The number of fused-ring (bicyclic) bond motifs is 1. The molecule has 0 bridgehead atoms. The fourth-order valence-corrected chi connectivity index (χ4v) is 3.64. The number of amides is 1. The molecule has 1 fully saturated rings. The zero-order valence-electron chi connectivity index (χ0n) is 18.8. The van der Waals surface area contributed by atoms with Gasteiger partial charge >= 0.3 is 12.1 Å². The fourth-order valence-electron chi connectivity index (χ4n) is 3.64. The highest BCUT2D eigenvalue weighted by molar-refractivity contribution is 5.92. The van der Waals surface area contributed by atoms with Gasteiger partial charge in [0.05, 0.1) is 5.69 Å². The first-order chi connectivity index (χ1) is 16.5. The van der Waals surface area contributed by atoms with Crippen LogP contribution in [-0.4, -0.2) is 69.9 Å². The van der Waals surface area contributed by atoms with Gasteiger partial charge in [-0.05, 0) is 67.6 Å². The SMILES string of the molecule is CN(CC1CCNCC1)C(=O)c1ccc(-c2ccc3[nH]c(=O)ccc3c2)nn1.O=C(O)C(F)(F)F. The molecular weight excluding hydrogens is 467 g/mol. The summed E-state index contributed by atoms with van der Waals surface area (Å²) in [4.78, 5) is 37.5. The zero-order valence-corrected chi connectivity index (χ0v) is 18.8. The molecule has 3 aromatic rings. The number of piperidine rings is 1. The molecule has 35 heavy (non-hydrogen) atoms. The number of aliphatic carboxylic acids is 1. The van der Waals surface area contributed by atoms with E-state index in [0.29, 0.717) is 17.3 Å². The van der Waals surface area contributed by atoms with Crippen LogP contribution in [0.15, 0.2) is 47.3 Å². The average molecular weight is 491 g/mol. The minimum atomic E-state index is -5.08. The van der Waals surface area contributed by atoms with Crippen LogP contribution in [0.1, 0.15) is 23.3 Å². The standard InChI is InChI=1S/C21H23N5O2.C2HF3O2/c1-26(13-14-8-10-22-11-9-14)21(28)19-6-5-18(24-25-19)16-2-4-17-15(12-16)3-7-20(27)23-17;3-2(4,5)1(6)7/h2-7,12,14,22H,8-11,13H2,1H3,(H,23,27);(H,6,7). The molecule has 3 N–H and O–H groups in total. The summed E-state index contributed by atoms with van der Waals surface area (Å²) in [6.07, 6.45) is -2.90. The molecule has 1 aliphatic rings. The lowest BCUT2D eigenvalue weighted by Crippen LogP contribution is -2.37. The number of H-pyrrole nitrogens is 1. The highest BCUT2D eigenvalue weighted by atomic mass is 19.4. The number of hydrogen-bond acceptors (Lipinski definition) is 6. The number of carbonyl (C=O) groups excluding carboxylic acids is 1. The number of hydrogen-bond donors (Lipinski definition) is 3. The molecule has 0 unspecified atom stereocenters. The molecule has 9 nitrogen and oxygen atoms in total. The minimum Gasteiger partial charge on any atom is -0.475 e. The number of pyridine rings is 1. The van der Waals surface area contributed by atoms with Crippen LogP contribution in [0.5, 0.6) is 0 Å². The summed E-state index contributed by atoms with van der Waals surface area (Å²) in [5, 5.41) is 19.8. The third-order valence-electron chi connectivity index (χ3n) is 5.48. The van der Waals surface area contributed by atoms with Gasteiger partial charge in [-0.2, -0.15) is 13.2 Å². The Bertz CT molecular complexity index is 1240. The van der Waals surface area contributed by atoms with Crippen molar-refractivity contribution in [3.63, 3.8) is 0 Å². The maximum Gasteiger partial charge on any atom is 0.490 e. The summed E-state index contributed by atoms with van der Waals surface area (Å²) in [6, 6.07) is 12.5. The van der Waals surface area contributed by atoms with E-state index in [4.69, 9.17) is 9.90 Å². The molecule has 0 aliphatic carbocycles. The van der Waals surface area contributed by atoms with E-state index in [9.17, 15) is 22.8 Å². The lowest BCUT2D eigenvalue weighted by molar-refractivity contribution is -0.192. The Balaban J connectivity index is 0.000000429. The predicted octanol–water partition coefficient (Wildman–Crippen LogP) is 2.69. The Morgan fingerprint density at radius 1 is 1.09 bits per heavy atom. The molecule has 3 heterocycles. The number of nitrogens with zero attached hydrogens (tertiary/aromatic N) is 3. The molecule has 1 saturated heterocycles. The molecule has 1 aromatic carbocycles. The van der Waals surface area contributed by atoms with Crippen LogP contribution in [0.3, 0.4) is 0 Å². The van der Waals surface area contributed by atoms with Crippen molar-refractivity contribution < 1.29 is 27.9 Å². The summed E-state index contributed by atoms with van der Waals surface area (Å²) < 4.78 is 31.7. The smallest absolute Gasteiger partial charge is 0.475 e. The number of alkyl halides is 3. The minimum absolute atomic E-state index is 0.103. The third kappa shape index (κ3) is 7.09. The van der Waals surface area contributed by atoms with Crippen molar-refractivity contribution in [3.8, 4) is 11.3 Å². The monoisotopic (exact) mass is 491 g/mol. The van der Waals surface area contributed by atoms with Crippen LogP contribution >= 0.6 is 0 Å². The van der Waals surface area contributed by atoms with E-state index in [-0.39, 0.29) is 11.5 Å². The molecule has 12 heteroatoms. The van der Waals surface area contributed by atoms with E-state index in [1.807, 2.05) is 31.3 Å². The predicted molar refractivity (Wildman–Crippen MR) is 122 cm³/mol. The first kappa shape index (κ1) is 25.8. The molecule has 0 saturated carbocycles. The Morgan fingerprint density at radius 3 is 2.37 bits per heavy atom. The summed E-state index contributed by atoms with van der Waals surface area (Å²) in [5.41, 5.74) is 2.57. The summed E-state index contributed by atoms with van der Waals surface area (Å²) in [7, 11) is 1.82. The number of carboxylic acid groups (broad SMARTS) is 1. The zero-order chi connectivity index (χ0) is 25.6. The third-order valence-corrected chi connectivity index (χ3v) is 5.48. The van der Waals surface area contributed by atoms with Crippen LogP contribution in [0.2, 0.25) is 0 Å². The summed E-state index contributed by atoms with van der Waals surface area (Å²) >= 11 is 0. The van der Waals surface area contributed by atoms with Crippen molar-refractivity contribution >= 4 is 22.8 Å². The van der Waals surface area contributed by atoms with E-state index in [1.54, 1.807) is 17.0 Å². The van der Waals surface area contributed by atoms with Gasteiger partial charge in [-0.3, -0.25) is 9.59 Å². The van der Waals surface area contributed by atoms with E-state index in [1.165, 1.54) is 6.07 Å². The van der Waals surface area contributed by atoms with Crippen LogP contribution < -0.4 is 10.9 Å². The number of aromatic nitrogens is 3. The molecule has 0 atom stereocenters. The second-order valence-corrected chi connectivity index (χ2v) is 8.11. The quantitative estimate of drug-likeness (QED) is 0.512. The maximum atomic E-state index is 12.6. The number of benzene rings is 1. The Labute approximate surface area is 198 Å². The van der Waals surface area contributed by atoms with Gasteiger partial charge in [-0.25, -0.2) is 4.79 Å². The molecule has 0 radical (unpaired) electrons. The number of aromatic amines is 1. The van der Waals surface area contributed by atoms with Gasteiger partial charge in [-0.15, -0.1) is 10.2 Å². The van der Waals surface area contributed by atoms with E-state index < -0.39 is 12.1 Å². The van der Waals surface area contributed by atoms with Crippen LogP contribution in [0, 0.1) is 5.92 Å². The fraction of sp³-hybridized carbons (Fsp3) is 0.348. The largest absolute Gasteiger partial charge is 0.490 e. The molecule has 0 spiro atoms. The first-order valence-electron chi connectivity index (χ1n) is 10.8. The first-order valence-corrected chi connectivity index (χ1v) is 10.8. The van der Waals surface area contributed by atoms with Gasteiger partial charge in [0.2, 0.25) is 5.56 Å². The van der Waals surface area contributed by atoms with Gasteiger partial charge in [0.15, 0.2) is 5.69 Å². The van der Waals surface area contributed by atoms with Gasteiger partial charge in [-0.1, -0.05) is 6.07 Å². The summed E-state index contributed by atoms with van der Waals surface area (Å²) in [5.74, 6) is -2.33. The molecule has 1 amide bonds. The highest BCUT2D eigenvalue weighted by Crippen LogP contribution is 2.21. The molecule has 1 aliphatic heterocycles. The highest BCUT2D eigenvalue weighted by Gasteiger charge is 2.38. The molecule has 186 valence electrons. The van der Waals surface area contributed by atoms with E-state index >= 15 is 0 Å². The topological polar surface area (TPSA) is 128 Å². The van der Waals surface area contributed by atoms with Gasteiger partial charge in [0.25, 0.3) is 5.91 Å². The summed E-state index contributed by atoms with van der Waals surface area (Å²) in [6.45, 7) is 2.77. The maximum absolute atomic E-state index is 12.6. The van der Waals surface area contributed by atoms with Crippen LogP contribution in [0.25, 0.3) is 22.2 Å². The van der Waals surface area contributed by atoms with E-state index in [2.05, 4.69) is 20.5 Å². The van der Waals surface area contributed by atoms with Gasteiger partial charge < -0.3 is 20.3 Å². The number of carboxylic acids is 1. The van der Waals surface area contributed by atoms with Crippen molar-refractivity contribution in [2.75, 3.05) is 26.7 Å². The van der Waals surface area contributed by atoms with Crippen molar-refractivity contribution in [1.29, 1.82) is 0 Å². The van der Waals surface area contributed by atoms with Crippen molar-refractivity contribution in [3.05, 3.63) is 58.5 Å².